The van der Waals surface area contributed by atoms with Gasteiger partial charge in [-0.1, -0.05) is 30.3 Å². The molecule has 6 nitrogen and oxygen atoms in total. The van der Waals surface area contributed by atoms with E-state index in [1.54, 1.807) is 20.8 Å². The third kappa shape index (κ3) is 5.73. The van der Waals surface area contributed by atoms with E-state index in [0.717, 1.165) is 10.6 Å². The number of amides is 2. The Kier molecular flexibility index (Phi) is 6.37. The fourth-order valence-electron chi connectivity index (χ4n) is 1.84. The fourth-order valence-corrected chi connectivity index (χ4v) is 1.84. The normalized spacial score (nSPS) is 12.4. The van der Waals surface area contributed by atoms with Crippen LogP contribution in [0.5, 0.6) is 0 Å². The number of nitrogens with one attached hydrogen (secondary N) is 1. The predicted octanol–water partition coefficient (Wildman–Crippen LogP) is 2.31. The Morgan fingerprint density at radius 2 is 1.82 bits per heavy atom. The molecule has 0 aliphatic rings. The zero-order valence-electron chi connectivity index (χ0n) is 13.8. The van der Waals surface area contributed by atoms with Crippen molar-refractivity contribution in [2.24, 2.45) is 0 Å². The summed E-state index contributed by atoms with van der Waals surface area (Å²) in [6.45, 7) is 5.48. The second kappa shape index (κ2) is 7.79. The van der Waals surface area contributed by atoms with Crippen molar-refractivity contribution in [3.05, 3.63) is 35.9 Å². The van der Waals surface area contributed by atoms with Crippen molar-refractivity contribution in [3.8, 4) is 0 Å². The van der Waals surface area contributed by atoms with Gasteiger partial charge in [-0.3, -0.25) is 9.63 Å². The Morgan fingerprint density at radius 1 is 1.23 bits per heavy atom. The van der Waals surface area contributed by atoms with Crippen LogP contribution >= 0.6 is 0 Å². The first-order chi connectivity index (χ1) is 10.2. The van der Waals surface area contributed by atoms with Crippen molar-refractivity contribution in [2.75, 3.05) is 20.7 Å². The number of benzene rings is 1. The highest BCUT2D eigenvalue weighted by Gasteiger charge is 2.25. The van der Waals surface area contributed by atoms with Crippen LogP contribution in [0.3, 0.4) is 0 Å². The average Bonchev–Trinajstić information content (AvgIpc) is 2.45. The number of carbonyl (C=O) groups is 2. The number of hydrogen-bond donors (Lipinski definition) is 1. The van der Waals surface area contributed by atoms with E-state index in [2.05, 4.69) is 5.32 Å². The Labute approximate surface area is 131 Å². The van der Waals surface area contributed by atoms with Crippen molar-refractivity contribution in [2.45, 2.75) is 32.3 Å². The van der Waals surface area contributed by atoms with Gasteiger partial charge in [0.1, 0.15) is 5.60 Å². The summed E-state index contributed by atoms with van der Waals surface area (Å²) in [5.41, 5.74) is 0.215. The number of ether oxygens (including phenoxy) is 1. The van der Waals surface area contributed by atoms with E-state index in [1.807, 2.05) is 30.3 Å². The third-order valence-electron chi connectivity index (χ3n) is 2.93. The number of alkyl carbamates (subject to hydrolysis) is 1. The molecule has 0 aromatic heterocycles. The van der Waals surface area contributed by atoms with Gasteiger partial charge in [0.15, 0.2) is 0 Å². The molecule has 0 saturated carbocycles. The summed E-state index contributed by atoms with van der Waals surface area (Å²) in [4.78, 5) is 29.1. The number of nitrogens with zero attached hydrogens (tertiary/aromatic N) is 1. The van der Waals surface area contributed by atoms with Crippen molar-refractivity contribution in [3.63, 3.8) is 0 Å². The van der Waals surface area contributed by atoms with Gasteiger partial charge in [0.05, 0.1) is 13.0 Å². The molecule has 2 amide bonds. The van der Waals surface area contributed by atoms with Crippen LogP contribution < -0.4 is 5.32 Å². The van der Waals surface area contributed by atoms with Crippen molar-refractivity contribution < 1.29 is 19.2 Å². The lowest BCUT2D eigenvalue weighted by molar-refractivity contribution is -0.170. The molecule has 1 N–H and O–H groups in total. The molecule has 1 aromatic rings. The minimum Gasteiger partial charge on any atom is -0.444 e. The molecule has 1 rings (SSSR count). The molecule has 0 bridgehead atoms. The second-order valence-corrected chi connectivity index (χ2v) is 5.86. The Morgan fingerprint density at radius 3 is 2.32 bits per heavy atom. The predicted molar refractivity (Wildman–Crippen MR) is 83.2 cm³/mol. The monoisotopic (exact) mass is 308 g/mol. The number of carbonyl (C=O) groups excluding carboxylic acids is 2. The van der Waals surface area contributed by atoms with E-state index in [1.165, 1.54) is 14.2 Å². The number of hydrogen-bond acceptors (Lipinski definition) is 4. The van der Waals surface area contributed by atoms with Gasteiger partial charge in [-0.05, 0) is 26.3 Å². The largest absolute Gasteiger partial charge is 0.444 e. The molecule has 0 radical (unpaired) electrons. The maximum absolute atomic E-state index is 12.4. The lowest BCUT2D eigenvalue weighted by atomic mass is 9.98. The summed E-state index contributed by atoms with van der Waals surface area (Å²) in [6, 6.07) is 9.23. The Bertz CT molecular complexity index is 497. The van der Waals surface area contributed by atoms with E-state index >= 15 is 0 Å². The van der Waals surface area contributed by atoms with Gasteiger partial charge in [-0.25, -0.2) is 9.86 Å². The van der Waals surface area contributed by atoms with Crippen LogP contribution in [-0.4, -0.2) is 43.4 Å². The zero-order valence-corrected chi connectivity index (χ0v) is 13.8. The molecule has 0 aliphatic heterocycles. The summed E-state index contributed by atoms with van der Waals surface area (Å²) >= 11 is 0. The lowest BCUT2D eigenvalue weighted by Crippen LogP contribution is -2.40. The van der Waals surface area contributed by atoms with E-state index in [4.69, 9.17) is 9.57 Å². The minimum absolute atomic E-state index is 0.130. The minimum atomic E-state index is -0.584. The van der Waals surface area contributed by atoms with Gasteiger partial charge in [0, 0.05) is 13.6 Å². The van der Waals surface area contributed by atoms with E-state index in [0.29, 0.717) is 0 Å². The number of hydroxylamine groups is 2. The maximum atomic E-state index is 12.4. The molecule has 0 fully saturated rings. The highest BCUT2D eigenvalue weighted by atomic mass is 16.7. The van der Waals surface area contributed by atoms with Crippen molar-refractivity contribution in [1.29, 1.82) is 0 Å². The zero-order chi connectivity index (χ0) is 16.8. The summed E-state index contributed by atoms with van der Waals surface area (Å²) in [6.07, 6.45) is -0.554. The highest BCUT2D eigenvalue weighted by molar-refractivity contribution is 5.83. The summed E-state index contributed by atoms with van der Waals surface area (Å²) < 4.78 is 5.18. The van der Waals surface area contributed by atoms with Gasteiger partial charge >= 0.3 is 6.09 Å². The van der Waals surface area contributed by atoms with Gasteiger partial charge in [-0.2, -0.15) is 0 Å². The molecule has 6 heteroatoms. The van der Waals surface area contributed by atoms with Crippen LogP contribution in [0.15, 0.2) is 30.3 Å². The average molecular weight is 308 g/mol. The van der Waals surface area contributed by atoms with Crippen LogP contribution in [0, 0.1) is 0 Å². The van der Waals surface area contributed by atoms with Crippen LogP contribution in [0.25, 0.3) is 0 Å². The Balaban J connectivity index is 2.80. The molecule has 1 atom stereocenters. The summed E-state index contributed by atoms with van der Waals surface area (Å²) in [7, 11) is 2.95. The second-order valence-electron chi connectivity index (χ2n) is 5.86. The fraction of sp³-hybridized carbons (Fsp3) is 0.500. The SMILES string of the molecule is CON(C)C(=O)[C@@H](CNC(=O)OC(C)(C)C)c1ccccc1. The van der Waals surface area contributed by atoms with E-state index in [9.17, 15) is 9.59 Å². The number of likely N-dealkylation sites (N-methyl/N-ethyl adjacent to an activating group) is 1. The molecule has 0 unspecified atom stereocenters. The quantitative estimate of drug-likeness (QED) is 0.848. The van der Waals surface area contributed by atoms with Crippen LogP contribution in [0.1, 0.15) is 32.3 Å². The van der Waals surface area contributed by atoms with Gasteiger partial charge in [0.2, 0.25) is 0 Å². The summed E-state index contributed by atoms with van der Waals surface area (Å²) in [5.74, 6) is -0.788. The molecular weight excluding hydrogens is 284 g/mol. The first kappa shape index (κ1) is 18.0. The molecule has 1 aromatic carbocycles. The van der Waals surface area contributed by atoms with Gasteiger partial charge < -0.3 is 10.1 Å². The topological polar surface area (TPSA) is 67.9 Å². The van der Waals surface area contributed by atoms with Crippen molar-refractivity contribution >= 4 is 12.0 Å². The van der Waals surface area contributed by atoms with Crippen LogP contribution in [-0.2, 0) is 14.4 Å². The van der Waals surface area contributed by atoms with Crippen molar-refractivity contribution in [1.82, 2.24) is 10.4 Å². The molecule has 122 valence electrons. The number of rotatable bonds is 5. The molecule has 0 saturated heterocycles. The van der Waals surface area contributed by atoms with E-state index in [-0.39, 0.29) is 12.5 Å². The van der Waals surface area contributed by atoms with E-state index < -0.39 is 17.6 Å². The van der Waals surface area contributed by atoms with Gasteiger partial charge in [-0.15, -0.1) is 0 Å². The molecule has 22 heavy (non-hydrogen) atoms. The van der Waals surface area contributed by atoms with Gasteiger partial charge in [0.25, 0.3) is 5.91 Å². The molecular formula is C16H24N2O4. The van der Waals surface area contributed by atoms with Crippen LogP contribution in [0.2, 0.25) is 0 Å². The summed E-state index contributed by atoms with van der Waals surface area (Å²) in [5, 5.41) is 3.78. The smallest absolute Gasteiger partial charge is 0.407 e. The highest BCUT2D eigenvalue weighted by Crippen LogP contribution is 2.18. The molecule has 0 spiro atoms. The lowest BCUT2D eigenvalue weighted by Gasteiger charge is -2.24. The third-order valence-corrected chi connectivity index (χ3v) is 2.93. The van der Waals surface area contributed by atoms with Crippen LogP contribution in [0.4, 0.5) is 4.79 Å². The standard InChI is InChI=1S/C16H24N2O4/c1-16(2,3)22-15(20)17-11-13(14(19)18(4)21-5)12-9-7-6-8-10-12/h6-10,13H,11H2,1-5H3,(H,17,20)/t13-/m0/s1. The molecule has 0 aliphatic carbocycles. The molecule has 0 heterocycles. The first-order valence-corrected chi connectivity index (χ1v) is 7.08. The Hall–Kier alpha value is -2.08. The first-order valence-electron chi connectivity index (χ1n) is 7.08. The maximum Gasteiger partial charge on any atom is 0.407 e.